The van der Waals surface area contributed by atoms with Crippen molar-refractivity contribution in [1.29, 1.82) is 0 Å². The van der Waals surface area contributed by atoms with Crippen molar-refractivity contribution in [3.8, 4) is 0 Å². The summed E-state index contributed by atoms with van der Waals surface area (Å²) in [4.78, 5) is 16.2. The first-order valence-electron chi connectivity index (χ1n) is 11.3. The minimum absolute atomic E-state index is 0.0232. The van der Waals surface area contributed by atoms with Crippen molar-refractivity contribution in [2.45, 2.75) is 32.4 Å². The first-order valence-corrected chi connectivity index (χ1v) is 11.3. The van der Waals surface area contributed by atoms with E-state index in [0.717, 1.165) is 16.9 Å². The van der Waals surface area contributed by atoms with E-state index in [1.54, 1.807) is 4.90 Å². The molecular weight excluding hydrogens is 414 g/mol. The summed E-state index contributed by atoms with van der Waals surface area (Å²) in [6, 6.07) is 24.5. The first-order chi connectivity index (χ1) is 15.9. The van der Waals surface area contributed by atoms with Gasteiger partial charge < -0.3 is 19.9 Å². The number of nitrogens with zero attached hydrogens (tertiary/aromatic N) is 4. The molecule has 0 unspecified atom stereocenters. The Morgan fingerprint density at radius 2 is 1.42 bits per heavy atom. The standard InChI is InChI=1S/C26H31N5O2/c1-26(2,3)33-25(32)31-18-16-30(17-19-31)23-15-14-22(28-29-23)27-24(20-10-6-4-7-11-20)21-12-8-5-9-13-21/h4-15,24H,16-19H2,1-3H3,(H,27,28). The van der Waals surface area contributed by atoms with Crippen LogP contribution >= 0.6 is 0 Å². The number of ether oxygens (including phenoxy) is 1. The van der Waals surface area contributed by atoms with Crippen molar-refractivity contribution < 1.29 is 9.53 Å². The number of piperazine rings is 1. The molecule has 1 amide bonds. The number of carbonyl (C=O) groups excluding carboxylic acids is 1. The highest BCUT2D eigenvalue weighted by Crippen LogP contribution is 2.26. The van der Waals surface area contributed by atoms with E-state index in [0.29, 0.717) is 32.0 Å². The third kappa shape index (κ3) is 6.00. The fourth-order valence-electron chi connectivity index (χ4n) is 3.81. The highest BCUT2D eigenvalue weighted by atomic mass is 16.6. The van der Waals surface area contributed by atoms with Crippen LogP contribution in [0.2, 0.25) is 0 Å². The van der Waals surface area contributed by atoms with Gasteiger partial charge in [0.05, 0.1) is 6.04 Å². The molecule has 7 heteroatoms. The predicted octanol–water partition coefficient (Wildman–Crippen LogP) is 4.74. The van der Waals surface area contributed by atoms with Gasteiger partial charge in [0, 0.05) is 26.2 Å². The molecule has 0 radical (unpaired) electrons. The second kappa shape index (κ2) is 9.90. The van der Waals surface area contributed by atoms with Crippen LogP contribution in [0.3, 0.4) is 0 Å². The number of rotatable bonds is 5. The monoisotopic (exact) mass is 445 g/mol. The number of benzene rings is 2. The maximum Gasteiger partial charge on any atom is 0.410 e. The van der Waals surface area contributed by atoms with Gasteiger partial charge in [0.2, 0.25) is 0 Å². The Hall–Kier alpha value is -3.61. The summed E-state index contributed by atoms with van der Waals surface area (Å²) in [5.41, 5.74) is 1.83. The number of amides is 1. The van der Waals surface area contributed by atoms with E-state index in [2.05, 4.69) is 44.7 Å². The van der Waals surface area contributed by atoms with Crippen LogP contribution in [0, 0.1) is 0 Å². The minimum Gasteiger partial charge on any atom is -0.444 e. The van der Waals surface area contributed by atoms with Gasteiger partial charge in [0.1, 0.15) is 11.4 Å². The number of hydrogen-bond donors (Lipinski definition) is 1. The van der Waals surface area contributed by atoms with Gasteiger partial charge in [-0.25, -0.2) is 4.79 Å². The van der Waals surface area contributed by atoms with Gasteiger partial charge in [0.15, 0.2) is 5.82 Å². The lowest BCUT2D eigenvalue weighted by Crippen LogP contribution is -2.50. The van der Waals surface area contributed by atoms with Crippen LogP contribution < -0.4 is 10.2 Å². The van der Waals surface area contributed by atoms with Crippen LogP contribution in [-0.4, -0.2) is 53.0 Å². The summed E-state index contributed by atoms with van der Waals surface area (Å²) in [6.45, 7) is 8.22. The molecule has 1 saturated heterocycles. The van der Waals surface area contributed by atoms with Gasteiger partial charge in [-0.2, -0.15) is 0 Å². The molecule has 0 saturated carbocycles. The second-order valence-electron chi connectivity index (χ2n) is 9.13. The normalized spacial score (nSPS) is 14.3. The molecule has 1 aliphatic heterocycles. The van der Waals surface area contributed by atoms with Crippen LogP contribution in [0.25, 0.3) is 0 Å². The van der Waals surface area contributed by atoms with Crippen LogP contribution in [-0.2, 0) is 4.74 Å². The molecule has 7 nitrogen and oxygen atoms in total. The van der Waals surface area contributed by atoms with Crippen molar-refractivity contribution >= 4 is 17.7 Å². The molecule has 4 rings (SSSR count). The molecule has 2 heterocycles. The van der Waals surface area contributed by atoms with Crippen LogP contribution in [0.15, 0.2) is 72.8 Å². The van der Waals surface area contributed by atoms with Crippen LogP contribution in [0.1, 0.15) is 37.9 Å². The van der Waals surface area contributed by atoms with E-state index >= 15 is 0 Å². The fraction of sp³-hybridized carbons (Fsp3) is 0.346. The van der Waals surface area contributed by atoms with Gasteiger partial charge in [-0.3, -0.25) is 0 Å². The summed E-state index contributed by atoms with van der Waals surface area (Å²) >= 11 is 0. The van der Waals surface area contributed by atoms with Gasteiger partial charge in [0.25, 0.3) is 0 Å². The summed E-state index contributed by atoms with van der Waals surface area (Å²) in [7, 11) is 0. The Bertz CT molecular complexity index is 988. The molecule has 1 aromatic heterocycles. The predicted molar refractivity (Wildman–Crippen MR) is 130 cm³/mol. The molecule has 1 fully saturated rings. The minimum atomic E-state index is -0.486. The lowest BCUT2D eigenvalue weighted by Gasteiger charge is -2.36. The van der Waals surface area contributed by atoms with Crippen molar-refractivity contribution in [1.82, 2.24) is 15.1 Å². The smallest absolute Gasteiger partial charge is 0.410 e. The number of nitrogens with one attached hydrogen (secondary N) is 1. The highest BCUT2D eigenvalue weighted by Gasteiger charge is 2.26. The van der Waals surface area contributed by atoms with Gasteiger partial charge in [-0.1, -0.05) is 60.7 Å². The highest BCUT2D eigenvalue weighted by molar-refractivity contribution is 5.68. The molecular formula is C26H31N5O2. The fourth-order valence-corrected chi connectivity index (χ4v) is 3.81. The van der Waals surface area contributed by atoms with E-state index in [4.69, 9.17) is 4.74 Å². The maximum absolute atomic E-state index is 12.3. The molecule has 2 aromatic carbocycles. The van der Waals surface area contributed by atoms with Crippen LogP contribution in [0.5, 0.6) is 0 Å². The molecule has 172 valence electrons. The Balaban J connectivity index is 1.40. The van der Waals surface area contributed by atoms with E-state index in [9.17, 15) is 4.79 Å². The SMILES string of the molecule is CC(C)(C)OC(=O)N1CCN(c2ccc(NC(c3ccccc3)c3ccccc3)nn2)CC1. The van der Waals surface area contributed by atoms with Crippen molar-refractivity contribution in [2.24, 2.45) is 0 Å². The molecule has 0 aliphatic carbocycles. The lowest BCUT2D eigenvalue weighted by atomic mass is 9.99. The maximum atomic E-state index is 12.3. The Kier molecular flexibility index (Phi) is 6.77. The van der Waals surface area contributed by atoms with Gasteiger partial charge in [-0.05, 0) is 44.0 Å². The van der Waals surface area contributed by atoms with Crippen molar-refractivity contribution in [3.05, 3.63) is 83.9 Å². The van der Waals surface area contributed by atoms with Crippen molar-refractivity contribution in [2.75, 3.05) is 36.4 Å². The second-order valence-corrected chi connectivity index (χ2v) is 9.13. The lowest BCUT2D eigenvalue weighted by molar-refractivity contribution is 0.0240. The zero-order valence-electron chi connectivity index (χ0n) is 19.4. The molecule has 0 spiro atoms. The van der Waals surface area contributed by atoms with E-state index < -0.39 is 5.60 Å². The topological polar surface area (TPSA) is 70.6 Å². The molecule has 0 bridgehead atoms. The molecule has 33 heavy (non-hydrogen) atoms. The van der Waals surface area contributed by atoms with Gasteiger partial charge in [-0.15, -0.1) is 10.2 Å². The zero-order valence-corrected chi connectivity index (χ0v) is 19.4. The Morgan fingerprint density at radius 3 is 1.91 bits per heavy atom. The third-order valence-electron chi connectivity index (χ3n) is 5.46. The number of aromatic nitrogens is 2. The Morgan fingerprint density at radius 1 is 0.848 bits per heavy atom. The average Bonchev–Trinajstić information content (AvgIpc) is 2.83. The largest absolute Gasteiger partial charge is 0.444 e. The van der Waals surface area contributed by atoms with E-state index in [1.807, 2.05) is 69.3 Å². The van der Waals surface area contributed by atoms with Gasteiger partial charge >= 0.3 is 6.09 Å². The van der Waals surface area contributed by atoms with Crippen molar-refractivity contribution in [3.63, 3.8) is 0 Å². The molecule has 3 aromatic rings. The number of anilines is 2. The summed E-state index contributed by atoms with van der Waals surface area (Å²) in [6.07, 6.45) is -0.263. The summed E-state index contributed by atoms with van der Waals surface area (Å²) in [5, 5.41) is 12.4. The molecule has 0 atom stereocenters. The molecule has 1 aliphatic rings. The zero-order chi connectivity index (χ0) is 23.3. The third-order valence-corrected chi connectivity index (χ3v) is 5.46. The number of carbonyl (C=O) groups is 1. The van der Waals surface area contributed by atoms with E-state index in [-0.39, 0.29) is 12.1 Å². The first kappa shape index (κ1) is 22.6. The Labute approximate surface area is 195 Å². The quantitative estimate of drug-likeness (QED) is 0.612. The summed E-state index contributed by atoms with van der Waals surface area (Å²) in [5.74, 6) is 1.52. The molecule has 1 N–H and O–H groups in total. The summed E-state index contributed by atoms with van der Waals surface area (Å²) < 4.78 is 5.48. The van der Waals surface area contributed by atoms with Crippen LogP contribution in [0.4, 0.5) is 16.4 Å². The van der Waals surface area contributed by atoms with E-state index in [1.165, 1.54) is 0 Å². The average molecular weight is 446 g/mol. The number of hydrogen-bond acceptors (Lipinski definition) is 6.